The molecule has 308 valence electrons. The topological polar surface area (TPSA) is 133 Å². The number of aliphatic carboxylic acids is 1. The standard InChI is InChI=1S/C48H66N4O5/c1-26(2)40-37(53)24-48(52-29(5)51-45(6,7)44-49-25-36(50-44)30-13-11-10-12-14-30)22-18-35-31(41(40)48)15-16-39-46(8)21-19-38(28(4)34(46)17-20-47(35,39)9)57-43(56)33-23-32(27(33)3)42(54)55/h10-14,25-28,31-35,38-39,51-52H,5,15-24H2,1-4,6-9H3,(H,49,50)(H,54,55). The zero-order chi connectivity index (χ0) is 40.8. The molecule has 6 aliphatic carbocycles. The molecule has 1 heterocycles. The molecule has 9 heteroatoms. The summed E-state index contributed by atoms with van der Waals surface area (Å²) in [4.78, 5) is 47.3. The highest BCUT2D eigenvalue weighted by Gasteiger charge is 2.65. The van der Waals surface area contributed by atoms with Crippen LogP contribution in [-0.4, -0.2) is 44.4 Å². The normalized spacial score (nSPS) is 38.6. The maximum absolute atomic E-state index is 14.1. The second-order valence-corrected chi connectivity index (χ2v) is 20.6. The minimum atomic E-state index is -0.810. The molecule has 12 unspecified atom stereocenters. The van der Waals surface area contributed by atoms with Gasteiger partial charge >= 0.3 is 11.9 Å². The third kappa shape index (κ3) is 6.39. The van der Waals surface area contributed by atoms with E-state index < -0.39 is 23.0 Å². The van der Waals surface area contributed by atoms with Crippen molar-refractivity contribution in [3.8, 4) is 11.3 Å². The van der Waals surface area contributed by atoms with Crippen molar-refractivity contribution in [3.05, 3.63) is 65.9 Å². The Labute approximate surface area is 339 Å². The van der Waals surface area contributed by atoms with E-state index in [0.29, 0.717) is 36.5 Å². The fourth-order valence-corrected chi connectivity index (χ4v) is 14.0. The molecule has 8 rings (SSSR count). The van der Waals surface area contributed by atoms with Crippen molar-refractivity contribution in [1.82, 2.24) is 20.6 Å². The number of carboxylic acids is 1. The molecule has 4 N–H and O–H groups in total. The predicted octanol–water partition coefficient (Wildman–Crippen LogP) is 9.18. The number of carbonyl (C=O) groups is 3. The molecule has 0 saturated heterocycles. The number of Topliss-reactive ketones (excluding diaryl/α,β-unsaturated/α-hetero) is 1. The van der Waals surface area contributed by atoms with Crippen LogP contribution >= 0.6 is 0 Å². The minimum absolute atomic E-state index is 0.109. The van der Waals surface area contributed by atoms with Crippen LogP contribution < -0.4 is 10.6 Å². The third-order valence-corrected chi connectivity index (χ3v) is 16.9. The molecular formula is C48H66N4O5. The first-order valence-electron chi connectivity index (χ1n) is 22.0. The maximum atomic E-state index is 14.1. The van der Waals surface area contributed by atoms with Gasteiger partial charge in [-0.2, -0.15) is 0 Å². The van der Waals surface area contributed by atoms with Gasteiger partial charge in [-0.1, -0.05) is 78.5 Å². The number of aromatic nitrogens is 2. The smallest absolute Gasteiger partial charge is 0.309 e. The highest BCUT2D eigenvalue weighted by atomic mass is 16.5. The van der Waals surface area contributed by atoms with Crippen LogP contribution in [0.1, 0.15) is 125 Å². The van der Waals surface area contributed by atoms with Crippen molar-refractivity contribution in [2.24, 2.45) is 64.1 Å². The molecular weight excluding hydrogens is 713 g/mol. The number of hydrogen-bond acceptors (Lipinski definition) is 7. The van der Waals surface area contributed by atoms with Crippen LogP contribution in [0.3, 0.4) is 0 Å². The summed E-state index contributed by atoms with van der Waals surface area (Å²) in [6.07, 6.45) is 11.1. The number of fused-ring (bicyclic) bond motifs is 7. The van der Waals surface area contributed by atoms with Crippen molar-refractivity contribution < 1.29 is 24.2 Å². The third-order valence-electron chi connectivity index (χ3n) is 16.9. The zero-order valence-corrected chi connectivity index (χ0v) is 35.5. The van der Waals surface area contributed by atoms with Crippen LogP contribution in [0.4, 0.5) is 0 Å². The lowest BCUT2D eigenvalue weighted by Gasteiger charge is -2.67. The van der Waals surface area contributed by atoms with Crippen molar-refractivity contribution >= 4 is 17.7 Å². The van der Waals surface area contributed by atoms with Crippen LogP contribution in [0.25, 0.3) is 11.3 Å². The van der Waals surface area contributed by atoms with Crippen LogP contribution in [0.5, 0.6) is 0 Å². The fourth-order valence-electron chi connectivity index (χ4n) is 14.0. The van der Waals surface area contributed by atoms with Crippen molar-refractivity contribution in [2.45, 2.75) is 137 Å². The van der Waals surface area contributed by atoms with Crippen LogP contribution in [-0.2, 0) is 24.7 Å². The van der Waals surface area contributed by atoms with Crippen molar-refractivity contribution in [2.75, 3.05) is 0 Å². The number of aromatic amines is 1. The van der Waals surface area contributed by atoms with Gasteiger partial charge in [0.25, 0.3) is 0 Å². The Morgan fingerprint density at radius 3 is 2.33 bits per heavy atom. The van der Waals surface area contributed by atoms with Gasteiger partial charge < -0.3 is 25.5 Å². The molecule has 1 aromatic heterocycles. The van der Waals surface area contributed by atoms with E-state index in [1.54, 1.807) is 0 Å². The van der Waals surface area contributed by atoms with Gasteiger partial charge in [0, 0.05) is 6.42 Å². The van der Waals surface area contributed by atoms with Gasteiger partial charge in [-0.3, -0.25) is 14.4 Å². The van der Waals surface area contributed by atoms with Gasteiger partial charge in [-0.05, 0) is 141 Å². The van der Waals surface area contributed by atoms with E-state index in [0.717, 1.165) is 79.8 Å². The van der Waals surface area contributed by atoms with Crippen LogP contribution in [0.15, 0.2) is 60.1 Å². The number of carboxylic acid groups (broad SMARTS) is 1. The molecule has 0 spiro atoms. The number of hydrogen-bond donors (Lipinski definition) is 4. The van der Waals surface area contributed by atoms with Gasteiger partial charge in [0.15, 0.2) is 5.78 Å². The maximum Gasteiger partial charge on any atom is 0.309 e. The first-order chi connectivity index (χ1) is 26.9. The van der Waals surface area contributed by atoms with Gasteiger partial charge in [0.2, 0.25) is 0 Å². The monoisotopic (exact) mass is 779 g/mol. The molecule has 0 bridgehead atoms. The summed E-state index contributed by atoms with van der Waals surface area (Å²) >= 11 is 0. The largest absolute Gasteiger partial charge is 0.481 e. The Bertz CT molecular complexity index is 1970. The van der Waals surface area contributed by atoms with E-state index in [4.69, 9.17) is 9.72 Å². The summed E-state index contributed by atoms with van der Waals surface area (Å²) < 4.78 is 6.26. The van der Waals surface area contributed by atoms with Crippen molar-refractivity contribution in [3.63, 3.8) is 0 Å². The average Bonchev–Trinajstić information content (AvgIpc) is 3.76. The Balaban J connectivity index is 0.991. The van der Waals surface area contributed by atoms with Crippen LogP contribution in [0, 0.1) is 64.1 Å². The number of ether oxygens (including phenoxy) is 1. The molecule has 2 aromatic rings. The number of H-pyrrole nitrogens is 1. The van der Waals surface area contributed by atoms with Crippen LogP contribution in [0.2, 0.25) is 0 Å². The molecule has 1 aromatic carbocycles. The van der Waals surface area contributed by atoms with Gasteiger partial charge in [0.05, 0.1) is 40.6 Å². The Hall–Kier alpha value is -3.88. The second-order valence-electron chi connectivity index (χ2n) is 20.6. The van der Waals surface area contributed by atoms with Gasteiger partial charge in [0.1, 0.15) is 11.9 Å². The second kappa shape index (κ2) is 14.1. The molecule has 0 radical (unpaired) electrons. The molecule has 5 fully saturated rings. The molecule has 9 nitrogen and oxygen atoms in total. The number of esters is 1. The lowest BCUT2D eigenvalue weighted by atomic mass is 9.38. The van der Waals surface area contributed by atoms with E-state index in [1.165, 1.54) is 5.57 Å². The highest BCUT2D eigenvalue weighted by molar-refractivity contribution is 6.01. The Morgan fingerprint density at radius 1 is 0.965 bits per heavy atom. The quantitative estimate of drug-likeness (QED) is 0.176. The number of nitrogens with zero attached hydrogens (tertiary/aromatic N) is 1. The molecule has 0 amide bonds. The number of allylic oxidation sites excluding steroid dienone is 1. The molecule has 12 atom stereocenters. The summed E-state index contributed by atoms with van der Waals surface area (Å²) in [5.74, 6) is 2.23. The zero-order valence-electron chi connectivity index (χ0n) is 35.5. The number of carbonyl (C=O) groups excluding carboxylic acids is 2. The lowest BCUT2D eigenvalue weighted by Crippen LogP contribution is -2.62. The number of imidazole rings is 1. The number of benzene rings is 1. The van der Waals surface area contributed by atoms with E-state index in [9.17, 15) is 19.5 Å². The number of rotatable bonds is 10. The first kappa shape index (κ1) is 39.9. The Morgan fingerprint density at radius 2 is 1.65 bits per heavy atom. The molecule has 5 saturated carbocycles. The van der Waals surface area contributed by atoms with E-state index in [-0.39, 0.29) is 52.4 Å². The summed E-state index contributed by atoms with van der Waals surface area (Å²) in [5, 5.41) is 17.0. The van der Waals surface area contributed by atoms with Crippen molar-refractivity contribution in [1.29, 1.82) is 0 Å². The van der Waals surface area contributed by atoms with Gasteiger partial charge in [-0.15, -0.1) is 0 Å². The predicted molar refractivity (Wildman–Crippen MR) is 221 cm³/mol. The average molecular weight is 779 g/mol. The first-order valence-corrected chi connectivity index (χ1v) is 22.0. The fraction of sp³-hybridized carbons (Fsp3) is 0.667. The minimum Gasteiger partial charge on any atom is -0.481 e. The highest BCUT2D eigenvalue weighted by Crippen LogP contribution is 2.70. The lowest BCUT2D eigenvalue weighted by molar-refractivity contribution is -0.196. The summed E-state index contributed by atoms with van der Waals surface area (Å²) in [7, 11) is 0. The summed E-state index contributed by atoms with van der Waals surface area (Å²) in [6, 6.07) is 10.2. The molecule has 6 aliphatic rings. The Kier molecular flexibility index (Phi) is 9.91. The van der Waals surface area contributed by atoms with Gasteiger partial charge in [-0.25, -0.2) is 4.98 Å². The SMILES string of the molecule is C=C(NC12CCC3C(CCC4C3(C)CCC3C(C)C(OC(=O)C5CC(C(=O)O)C5C)CCC34C)C1=C(C(C)C)C(=O)C2)NC(C)(C)c1ncc(-c2ccccc2)[nH]1. The number of nitrogens with one attached hydrogen (secondary N) is 3. The van der Waals surface area contributed by atoms with E-state index in [2.05, 4.69) is 82.8 Å². The summed E-state index contributed by atoms with van der Waals surface area (Å²) in [6.45, 7) is 22.4. The molecule has 57 heavy (non-hydrogen) atoms. The molecule has 0 aliphatic heterocycles. The summed E-state index contributed by atoms with van der Waals surface area (Å²) in [5.41, 5.74) is 3.81. The number of ketones is 1. The van der Waals surface area contributed by atoms with E-state index in [1.807, 2.05) is 31.3 Å². The van der Waals surface area contributed by atoms with E-state index >= 15 is 0 Å².